The highest BCUT2D eigenvalue weighted by Gasteiger charge is 2.14. The van der Waals surface area contributed by atoms with Gasteiger partial charge >= 0.3 is 6.03 Å². The molecular formula is C22H32N4O2. The van der Waals surface area contributed by atoms with E-state index in [-0.39, 0.29) is 6.03 Å². The second-order valence-corrected chi connectivity index (χ2v) is 7.68. The Labute approximate surface area is 167 Å². The normalized spacial score (nSPS) is 14.6. The van der Waals surface area contributed by atoms with E-state index in [1.165, 1.54) is 32.1 Å². The van der Waals surface area contributed by atoms with Gasteiger partial charge in [0.05, 0.1) is 12.9 Å². The Balaban J connectivity index is 1.38. The number of imidazole rings is 1. The van der Waals surface area contributed by atoms with Crippen LogP contribution >= 0.6 is 0 Å². The summed E-state index contributed by atoms with van der Waals surface area (Å²) in [5.41, 5.74) is 1.86. The molecule has 152 valence electrons. The Morgan fingerprint density at radius 3 is 2.89 bits per heavy atom. The molecule has 0 unspecified atom stereocenters. The molecule has 0 aliphatic heterocycles. The molecule has 1 aliphatic rings. The maximum absolute atomic E-state index is 12.1. The third-order valence-corrected chi connectivity index (χ3v) is 5.33. The second-order valence-electron chi connectivity index (χ2n) is 7.68. The quantitative estimate of drug-likeness (QED) is 0.613. The Kier molecular flexibility index (Phi) is 7.76. The van der Waals surface area contributed by atoms with E-state index in [1.807, 2.05) is 42.2 Å². The first-order valence-corrected chi connectivity index (χ1v) is 10.4. The molecule has 2 aromatic rings. The van der Waals surface area contributed by atoms with Gasteiger partial charge in [0.25, 0.3) is 0 Å². The zero-order valence-corrected chi connectivity index (χ0v) is 16.8. The summed E-state index contributed by atoms with van der Waals surface area (Å²) in [6.07, 6.45) is 14.0. The van der Waals surface area contributed by atoms with Gasteiger partial charge in [-0.2, -0.15) is 0 Å². The van der Waals surface area contributed by atoms with E-state index < -0.39 is 0 Å². The lowest BCUT2D eigenvalue weighted by Gasteiger charge is -2.22. The van der Waals surface area contributed by atoms with Crippen molar-refractivity contribution >= 4 is 11.7 Å². The van der Waals surface area contributed by atoms with Crippen molar-refractivity contribution in [3.8, 4) is 5.75 Å². The number of benzene rings is 1. The summed E-state index contributed by atoms with van der Waals surface area (Å²) >= 11 is 0. The van der Waals surface area contributed by atoms with Gasteiger partial charge in [0, 0.05) is 37.2 Å². The van der Waals surface area contributed by atoms with Gasteiger partial charge in [-0.05, 0) is 50.2 Å². The predicted octanol–water partition coefficient (Wildman–Crippen LogP) is 4.75. The SMILES string of the molecule is Cc1ccc(NC(=O)NCCCCn2ccnc2)cc1OCC1CCCCC1. The van der Waals surface area contributed by atoms with Crippen LogP contribution in [0.25, 0.3) is 0 Å². The number of anilines is 1. The first-order valence-electron chi connectivity index (χ1n) is 10.4. The second kappa shape index (κ2) is 10.7. The van der Waals surface area contributed by atoms with Crippen molar-refractivity contribution in [3.63, 3.8) is 0 Å². The lowest BCUT2D eigenvalue weighted by atomic mass is 9.90. The molecule has 28 heavy (non-hydrogen) atoms. The van der Waals surface area contributed by atoms with Crippen LogP contribution in [0, 0.1) is 12.8 Å². The third-order valence-electron chi connectivity index (χ3n) is 5.33. The number of hydrogen-bond donors (Lipinski definition) is 2. The molecule has 1 heterocycles. The smallest absolute Gasteiger partial charge is 0.319 e. The molecule has 1 aromatic carbocycles. The Hall–Kier alpha value is -2.50. The predicted molar refractivity (Wildman–Crippen MR) is 112 cm³/mol. The minimum absolute atomic E-state index is 0.176. The standard InChI is InChI=1S/C22H32N4O2/c1-18-9-10-20(15-21(18)28-16-19-7-3-2-4-8-19)25-22(27)24-11-5-6-13-26-14-12-23-17-26/h9-10,12,14-15,17,19H,2-8,11,13,16H2,1H3,(H2,24,25,27). The molecule has 0 atom stereocenters. The summed E-state index contributed by atoms with van der Waals surface area (Å²) < 4.78 is 8.11. The number of carbonyl (C=O) groups is 1. The summed E-state index contributed by atoms with van der Waals surface area (Å²) in [6, 6.07) is 5.67. The fraction of sp³-hybridized carbons (Fsp3) is 0.545. The maximum atomic E-state index is 12.1. The largest absolute Gasteiger partial charge is 0.493 e. The van der Waals surface area contributed by atoms with Crippen molar-refractivity contribution in [2.75, 3.05) is 18.5 Å². The van der Waals surface area contributed by atoms with Gasteiger partial charge in [0.15, 0.2) is 0 Å². The Morgan fingerprint density at radius 1 is 1.25 bits per heavy atom. The number of carbonyl (C=O) groups excluding carboxylic acids is 1. The molecule has 0 radical (unpaired) electrons. The monoisotopic (exact) mass is 384 g/mol. The molecule has 2 amide bonds. The summed E-state index contributed by atoms with van der Waals surface area (Å²) in [7, 11) is 0. The van der Waals surface area contributed by atoms with Gasteiger partial charge in [-0.15, -0.1) is 0 Å². The third kappa shape index (κ3) is 6.59. The molecule has 2 N–H and O–H groups in total. The fourth-order valence-electron chi connectivity index (χ4n) is 3.61. The van der Waals surface area contributed by atoms with Gasteiger partial charge in [0.2, 0.25) is 0 Å². The van der Waals surface area contributed by atoms with E-state index in [1.54, 1.807) is 6.20 Å². The summed E-state index contributed by atoms with van der Waals surface area (Å²) in [5.74, 6) is 1.53. The molecule has 1 saturated carbocycles. The minimum atomic E-state index is -0.176. The van der Waals surface area contributed by atoms with Crippen LogP contribution in [-0.4, -0.2) is 28.7 Å². The Bertz CT molecular complexity index is 724. The molecule has 0 bridgehead atoms. The maximum Gasteiger partial charge on any atom is 0.319 e. The van der Waals surface area contributed by atoms with Crippen LogP contribution in [-0.2, 0) is 6.54 Å². The zero-order chi connectivity index (χ0) is 19.6. The number of nitrogens with one attached hydrogen (secondary N) is 2. The number of amides is 2. The fourth-order valence-corrected chi connectivity index (χ4v) is 3.61. The number of rotatable bonds is 9. The molecule has 1 aromatic heterocycles. The average Bonchev–Trinajstić information content (AvgIpc) is 3.22. The van der Waals surface area contributed by atoms with Crippen molar-refractivity contribution < 1.29 is 9.53 Å². The molecule has 0 spiro atoms. The number of hydrogen-bond acceptors (Lipinski definition) is 3. The van der Waals surface area contributed by atoms with Gasteiger partial charge in [0.1, 0.15) is 5.75 Å². The first kappa shape index (κ1) is 20.2. The van der Waals surface area contributed by atoms with E-state index in [0.717, 1.165) is 43.0 Å². The van der Waals surface area contributed by atoms with Crippen molar-refractivity contribution in [1.82, 2.24) is 14.9 Å². The molecule has 6 heteroatoms. The van der Waals surface area contributed by atoms with Crippen molar-refractivity contribution in [2.45, 2.75) is 58.4 Å². The van der Waals surface area contributed by atoms with Gasteiger partial charge in [-0.1, -0.05) is 25.3 Å². The number of aromatic nitrogens is 2. The number of aryl methyl sites for hydroxylation is 2. The number of ether oxygens (including phenoxy) is 1. The average molecular weight is 385 g/mol. The van der Waals surface area contributed by atoms with Crippen LogP contribution in [0.1, 0.15) is 50.5 Å². The van der Waals surface area contributed by atoms with Gasteiger partial charge in [-0.3, -0.25) is 0 Å². The van der Waals surface area contributed by atoms with Crippen LogP contribution in [0.5, 0.6) is 5.75 Å². The summed E-state index contributed by atoms with van der Waals surface area (Å²) in [6.45, 7) is 4.38. The van der Waals surface area contributed by atoms with Crippen LogP contribution in [0.4, 0.5) is 10.5 Å². The lowest BCUT2D eigenvalue weighted by Crippen LogP contribution is -2.29. The van der Waals surface area contributed by atoms with E-state index >= 15 is 0 Å². The molecule has 1 fully saturated rings. The Morgan fingerprint density at radius 2 is 2.11 bits per heavy atom. The minimum Gasteiger partial charge on any atom is -0.493 e. The van der Waals surface area contributed by atoms with E-state index in [4.69, 9.17) is 4.74 Å². The summed E-state index contributed by atoms with van der Waals surface area (Å²) in [4.78, 5) is 16.1. The molecule has 3 rings (SSSR count). The van der Waals surface area contributed by atoms with Crippen LogP contribution in [0.3, 0.4) is 0 Å². The zero-order valence-electron chi connectivity index (χ0n) is 16.8. The van der Waals surface area contributed by atoms with E-state index in [9.17, 15) is 4.79 Å². The number of urea groups is 1. The van der Waals surface area contributed by atoms with Gasteiger partial charge < -0.3 is 19.9 Å². The van der Waals surface area contributed by atoms with Crippen molar-refractivity contribution in [3.05, 3.63) is 42.5 Å². The molecule has 0 saturated heterocycles. The van der Waals surface area contributed by atoms with E-state index in [2.05, 4.69) is 15.6 Å². The molecule has 1 aliphatic carbocycles. The topological polar surface area (TPSA) is 68.2 Å². The lowest BCUT2D eigenvalue weighted by molar-refractivity contribution is 0.208. The van der Waals surface area contributed by atoms with Crippen molar-refractivity contribution in [1.29, 1.82) is 0 Å². The highest BCUT2D eigenvalue weighted by molar-refractivity contribution is 5.89. The van der Waals surface area contributed by atoms with Crippen molar-refractivity contribution in [2.24, 2.45) is 5.92 Å². The van der Waals surface area contributed by atoms with E-state index in [0.29, 0.717) is 12.5 Å². The highest BCUT2D eigenvalue weighted by Crippen LogP contribution is 2.27. The number of nitrogens with zero attached hydrogens (tertiary/aromatic N) is 2. The first-order chi connectivity index (χ1) is 13.7. The number of unbranched alkanes of at least 4 members (excludes halogenated alkanes) is 1. The highest BCUT2D eigenvalue weighted by atomic mass is 16.5. The van der Waals surface area contributed by atoms with Gasteiger partial charge in [-0.25, -0.2) is 9.78 Å². The summed E-state index contributed by atoms with van der Waals surface area (Å²) in [5, 5.41) is 5.82. The molecule has 6 nitrogen and oxygen atoms in total. The van der Waals surface area contributed by atoms with Crippen LogP contribution in [0.2, 0.25) is 0 Å². The molecular weight excluding hydrogens is 352 g/mol. The van der Waals surface area contributed by atoms with Crippen LogP contribution in [0.15, 0.2) is 36.9 Å². The van der Waals surface area contributed by atoms with Crippen LogP contribution < -0.4 is 15.4 Å².